The van der Waals surface area contributed by atoms with Crippen LogP contribution < -0.4 is 10.2 Å². The zero-order chi connectivity index (χ0) is 22.7. The monoisotopic (exact) mass is 451 g/mol. The molecule has 1 unspecified atom stereocenters. The summed E-state index contributed by atoms with van der Waals surface area (Å²) >= 11 is 5.96. The fourth-order valence-corrected chi connectivity index (χ4v) is 4.09. The second-order valence-corrected chi connectivity index (χ2v) is 8.70. The van der Waals surface area contributed by atoms with Crippen molar-refractivity contribution >= 4 is 29.1 Å². The number of nitrogens with one attached hydrogen (secondary N) is 1. The van der Waals surface area contributed by atoms with Crippen LogP contribution >= 0.6 is 11.6 Å². The summed E-state index contributed by atoms with van der Waals surface area (Å²) in [6, 6.07) is 14.7. The summed E-state index contributed by atoms with van der Waals surface area (Å²) in [4.78, 5) is 33.2. The Kier molecular flexibility index (Phi) is 6.58. The number of nitrogens with zero attached hydrogens (tertiary/aromatic N) is 4. The van der Waals surface area contributed by atoms with E-state index in [0.717, 1.165) is 23.7 Å². The normalized spacial score (nSPS) is 16.1. The van der Waals surface area contributed by atoms with Crippen molar-refractivity contribution in [3.63, 3.8) is 0 Å². The lowest BCUT2D eigenvalue weighted by molar-refractivity contribution is -0.117. The van der Waals surface area contributed by atoms with Crippen LogP contribution in [0.5, 0.6) is 0 Å². The molecular weight excluding hydrogens is 426 g/mol. The zero-order valence-corrected chi connectivity index (χ0v) is 18.9. The molecule has 8 heteroatoms. The fourth-order valence-electron chi connectivity index (χ4n) is 3.90. The van der Waals surface area contributed by atoms with Crippen LogP contribution in [0.1, 0.15) is 22.6 Å². The first-order valence-electron chi connectivity index (χ1n) is 10.5. The number of aromatic nitrogens is 2. The minimum absolute atomic E-state index is 0.0608. The summed E-state index contributed by atoms with van der Waals surface area (Å²) in [5, 5.41) is 3.44. The highest BCUT2D eigenvalue weighted by molar-refractivity contribution is 6.30. The topological polar surface area (TPSA) is 70.5 Å². The Balaban J connectivity index is 1.38. The fraction of sp³-hybridized carbons (Fsp3) is 0.292. The van der Waals surface area contributed by atoms with Crippen LogP contribution in [0.4, 0.5) is 5.69 Å². The molecule has 1 saturated heterocycles. The lowest BCUT2D eigenvalue weighted by Gasteiger charge is -2.18. The molecule has 0 radical (unpaired) electrons. The Bertz CT molecular complexity index is 1110. The van der Waals surface area contributed by atoms with Gasteiger partial charge in [-0.1, -0.05) is 17.7 Å². The van der Waals surface area contributed by atoms with E-state index < -0.39 is 0 Å². The largest absolute Gasteiger partial charge is 0.352 e. The number of amides is 2. The molecule has 1 atom stereocenters. The Labute approximate surface area is 192 Å². The average molecular weight is 452 g/mol. The van der Waals surface area contributed by atoms with Crippen molar-refractivity contribution < 1.29 is 9.59 Å². The predicted molar refractivity (Wildman–Crippen MR) is 125 cm³/mol. The predicted octanol–water partition coefficient (Wildman–Crippen LogP) is 3.37. The molecule has 1 aliphatic rings. The minimum Gasteiger partial charge on any atom is -0.352 e. The Morgan fingerprint density at radius 1 is 1.19 bits per heavy atom. The number of imidazole rings is 1. The first kappa shape index (κ1) is 22.0. The van der Waals surface area contributed by atoms with Gasteiger partial charge in [0.25, 0.3) is 5.91 Å². The summed E-state index contributed by atoms with van der Waals surface area (Å²) in [5.74, 6) is 0.897. The third-order valence-electron chi connectivity index (χ3n) is 5.46. The van der Waals surface area contributed by atoms with Crippen LogP contribution in [-0.4, -0.2) is 53.5 Å². The molecule has 0 spiro atoms. The van der Waals surface area contributed by atoms with Crippen LogP contribution in [0.15, 0.2) is 60.9 Å². The van der Waals surface area contributed by atoms with Crippen molar-refractivity contribution in [3.05, 3.63) is 77.3 Å². The van der Waals surface area contributed by atoms with Crippen molar-refractivity contribution in [1.29, 1.82) is 0 Å². The van der Waals surface area contributed by atoms with E-state index in [0.29, 0.717) is 30.1 Å². The van der Waals surface area contributed by atoms with Crippen molar-refractivity contribution in [2.45, 2.75) is 13.0 Å². The molecule has 0 saturated carbocycles. The van der Waals surface area contributed by atoms with E-state index in [1.807, 2.05) is 49.1 Å². The highest BCUT2D eigenvalue weighted by atomic mass is 35.5. The number of rotatable bonds is 7. The number of anilines is 1. The Hall–Kier alpha value is -3.16. The van der Waals surface area contributed by atoms with Crippen LogP contribution in [0.2, 0.25) is 5.02 Å². The number of hydrogen-bond acceptors (Lipinski definition) is 4. The van der Waals surface area contributed by atoms with E-state index >= 15 is 0 Å². The van der Waals surface area contributed by atoms with Crippen LogP contribution in [0.25, 0.3) is 5.69 Å². The van der Waals surface area contributed by atoms with Gasteiger partial charge in [0.2, 0.25) is 5.91 Å². The first-order valence-corrected chi connectivity index (χ1v) is 10.9. The van der Waals surface area contributed by atoms with Gasteiger partial charge in [-0.2, -0.15) is 0 Å². The second-order valence-electron chi connectivity index (χ2n) is 8.26. The molecule has 166 valence electrons. The van der Waals surface area contributed by atoms with E-state index in [1.165, 1.54) is 0 Å². The number of hydrogen-bond donors (Lipinski definition) is 1. The highest BCUT2D eigenvalue weighted by Crippen LogP contribution is 2.26. The standard InChI is InChI=1S/C24H26ClN5O2/c1-28(2)16-22-26-10-11-29(22)20-6-8-21(9-7-20)30-15-17(12-23(30)31)14-27-24(32)18-4-3-5-19(25)13-18/h3-11,13,17H,12,14-16H2,1-2H3,(H,27,32). The van der Waals surface area contributed by atoms with Crippen molar-refractivity contribution in [2.75, 3.05) is 32.1 Å². The molecule has 4 rings (SSSR count). The van der Waals surface area contributed by atoms with Gasteiger partial charge in [-0.25, -0.2) is 4.98 Å². The van der Waals surface area contributed by atoms with Gasteiger partial charge in [0.15, 0.2) is 0 Å². The summed E-state index contributed by atoms with van der Waals surface area (Å²) in [5.41, 5.74) is 2.37. The summed E-state index contributed by atoms with van der Waals surface area (Å²) in [6.45, 7) is 1.75. The maximum atomic E-state index is 12.6. The van der Waals surface area contributed by atoms with Gasteiger partial charge >= 0.3 is 0 Å². The quantitative estimate of drug-likeness (QED) is 0.598. The molecule has 32 heavy (non-hydrogen) atoms. The molecule has 0 aliphatic carbocycles. The van der Waals surface area contributed by atoms with Gasteiger partial charge in [0.05, 0.1) is 6.54 Å². The molecule has 0 bridgehead atoms. The maximum absolute atomic E-state index is 12.6. The smallest absolute Gasteiger partial charge is 0.251 e. The molecule has 2 amide bonds. The zero-order valence-electron chi connectivity index (χ0n) is 18.2. The molecule has 2 heterocycles. The van der Waals surface area contributed by atoms with Crippen LogP contribution in [0, 0.1) is 5.92 Å². The molecular formula is C24H26ClN5O2. The van der Waals surface area contributed by atoms with Crippen LogP contribution in [-0.2, 0) is 11.3 Å². The average Bonchev–Trinajstić information content (AvgIpc) is 3.38. The van der Waals surface area contributed by atoms with E-state index in [4.69, 9.17) is 11.6 Å². The number of halogens is 1. The third-order valence-corrected chi connectivity index (χ3v) is 5.69. The Morgan fingerprint density at radius 2 is 1.94 bits per heavy atom. The second kappa shape index (κ2) is 9.54. The number of benzene rings is 2. The highest BCUT2D eigenvalue weighted by Gasteiger charge is 2.30. The maximum Gasteiger partial charge on any atom is 0.251 e. The van der Waals surface area contributed by atoms with E-state index in [2.05, 4.69) is 15.2 Å². The van der Waals surface area contributed by atoms with Crippen molar-refractivity contribution in [1.82, 2.24) is 19.8 Å². The van der Waals surface area contributed by atoms with E-state index in [-0.39, 0.29) is 17.7 Å². The third kappa shape index (κ3) is 5.00. The van der Waals surface area contributed by atoms with Gasteiger partial charge in [0, 0.05) is 59.8 Å². The minimum atomic E-state index is -0.184. The number of carbonyl (C=O) groups excluding carboxylic acids is 2. The Morgan fingerprint density at radius 3 is 2.66 bits per heavy atom. The summed E-state index contributed by atoms with van der Waals surface area (Å²) in [6.07, 6.45) is 4.14. The van der Waals surface area contributed by atoms with Gasteiger partial charge in [-0.15, -0.1) is 0 Å². The van der Waals surface area contributed by atoms with E-state index in [1.54, 1.807) is 35.4 Å². The van der Waals surface area contributed by atoms with Crippen molar-refractivity contribution in [2.24, 2.45) is 5.92 Å². The van der Waals surface area contributed by atoms with E-state index in [9.17, 15) is 9.59 Å². The molecule has 1 N–H and O–H groups in total. The van der Waals surface area contributed by atoms with Crippen molar-refractivity contribution in [3.8, 4) is 5.69 Å². The van der Waals surface area contributed by atoms with Gasteiger partial charge < -0.3 is 19.7 Å². The molecule has 2 aromatic carbocycles. The SMILES string of the molecule is CN(C)Cc1nccn1-c1ccc(N2CC(CNC(=O)c3cccc(Cl)c3)CC2=O)cc1. The summed E-state index contributed by atoms with van der Waals surface area (Å²) < 4.78 is 2.05. The first-order chi connectivity index (χ1) is 15.4. The molecule has 1 fully saturated rings. The molecule has 7 nitrogen and oxygen atoms in total. The lowest BCUT2D eigenvalue weighted by atomic mass is 10.1. The molecule has 1 aromatic heterocycles. The molecule has 1 aliphatic heterocycles. The molecule has 3 aromatic rings. The lowest BCUT2D eigenvalue weighted by Crippen LogP contribution is -2.31. The summed E-state index contributed by atoms with van der Waals surface area (Å²) in [7, 11) is 4.02. The number of carbonyl (C=O) groups is 2. The van der Waals surface area contributed by atoms with Gasteiger partial charge in [0.1, 0.15) is 5.82 Å². The van der Waals surface area contributed by atoms with Gasteiger partial charge in [-0.05, 0) is 56.6 Å². The van der Waals surface area contributed by atoms with Gasteiger partial charge in [-0.3, -0.25) is 9.59 Å². The van der Waals surface area contributed by atoms with Crippen LogP contribution in [0.3, 0.4) is 0 Å².